The molecule has 0 N–H and O–H groups in total. The lowest BCUT2D eigenvalue weighted by atomic mass is 10.0. The summed E-state index contributed by atoms with van der Waals surface area (Å²) in [5, 5.41) is 8.64. The molecule has 1 fully saturated rings. The van der Waals surface area contributed by atoms with Gasteiger partial charge in [0.25, 0.3) is 0 Å². The second kappa shape index (κ2) is 7.05. The summed E-state index contributed by atoms with van der Waals surface area (Å²) in [7, 11) is 0. The van der Waals surface area contributed by atoms with Crippen molar-refractivity contribution in [3.63, 3.8) is 0 Å². The van der Waals surface area contributed by atoms with E-state index in [1.165, 1.54) is 28.8 Å². The van der Waals surface area contributed by atoms with Gasteiger partial charge < -0.3 is 0 Å². The SMILES string of the molecule is CC(C)/C=N/N=C1\SCC(=O)N1c1cc(F)ccc1C(C)C. The van der Waals surface area contributed by atoms with Crippen molar-refractivity contribution >= 4 is 34.7 Å². The van der Waals surface area contributed by atoms with Crippen molar-refractivity contribution in [2.75, 3.05) is 10.7 Å². The Morgan fingerprint density at radius 3 is 2.68 bits per heavy atom. The molecule has 0 radical (unpaired) electrons. The fourth-order valence-electron chi connectivity index (χ4n) is 2.09. The summed E-state index contributed by atoms with van der Waals surface area (Å²) in [4.78, 5) is 13.7. The van der Waals surface area contributed by atoms with Crippen LogP contribution in [0.1, 0.15) is 39.2 Å². The minimum Gasteiger partial charge on any atom is -0.273 e. The maximum Gasteiger partial charge on any atom is 0.243 e. The number of nitrogens with zero attached hydrogens (tertiary/aromatic N) is 3. The number of benzene rings is 1. The van der Waals surface area contributed by atoms with E-state index in [1.807, 2.05) is 27.7 Å². The average molecular weight is 321 g/mol. The Kier molecular flexibility index (Phi) is 5.34. The van der Waals surface area contributed by atoms with Crippen molar-refractivity contribution in [2.45, 2.75) is 33.6 Å². The van der Waals surface area contributed by atoms with Crippen molar-refractivity contribution in [1.82, 2.24) is 0 Å². The molecule has 1 aliphatic rings. The van der Waals surface area contributed by atoms with E-state index >= 15 is 0 Å². The van der Waals surface area contributed by atoms with Gasteiger partial charge in [-0.05, 0) is 29.5 Å². The molecule has 1 aromatic rings. The first-order valence-corrected chi connectivity index (χ1v) is 8.25. The Balaban J connectivity index is 2.44. The quantitative estimate of drug-likeness (QED) is 0.621. The molecule has 1 heterocycles. The van der Waals surface area contributed by atoms with Crippen LogP contribution in [0.5, 0.6) is 0 Å². The Bertz CT molecular complexity index is 626. The molecule has 0 aliphatic carbocycles. The second-order valence-corrected chi connectivity index (χ2v) is 6.71. The number of anilines is 1. The van der Waals surface area contributed by atoms with Gasteiger partial charge >= 0.3 is 0 Å². The third-order valence-electron chi connectivity index (χ3n) is 3.13. The van der Waals surface area contributed by atoms with Crippen LogP contribution in [0, 0.1) is 11.7 Å². The molecule has 1 saturated heterocycles. The lowest BCUT2D eigenvalue weighted by Gasteiger charge is -2.21. The summed E-state index contributed by atoms with van der Waals surface area (Å²) < 4.78 is 13.7. The predicted octanol–water partition coefficient (Wildman–Crippen LogP) is 4.03. The Morgan fingerprint density at radius 1 is 1.32 bits per heavy atom. The third-order valence-corrected chi connectivity index (χ3v) is 4.04. The van der Waals surface area contributed by atoms with Crippen LogP contribution < -0.4 is 4.90 Å². The smallest absolute Gasteiger partial charge is 0.243 e. The molecule has 0 unspecified atom stereocenters. The monoisotopic (exact) mass is 321 g/mol. The van der Waals surface area contributed by atoms with Gasteiger partial charge in [-0.3, -0.25) is 9.69 Å². The summed E-state index contributed by atoms with van der Waals surface area (Å²) in [6.45, 7) is 8.02. The highest BCUT2D eigenvalue weighted by Gasteiger charge is 2.32. The molecule has 118 valence electrons. The highest BCUT2D eigenvalue weighted by Crippen LogP contribution is 2.33. The van der Waals surface area contributed by atoms with Gasteiger partial charge in [0, 0.05) is 6.21 Å². The molecule has 2 rings (SSSR count). The van der Waals surface area contributed by atoms with E-state index in [0.717, 1.165) is 5.56 Å². The average Bonchev–Trinajstić information content (AvgIpc) is 2.79. The first-order valence-electron chi connectivity index (χ1n) is 7.26. The lowest BCUT2D eigenvalue weighted by molar-refractivity contribution is -0.115. The minimum absolute atomic E-state index is 0.101. The number of amidine groups is 1. The number of carbonyl (C=O) groups excluding carboxylic acids is 1. The van der Waals surface area contributed by atoms with E-state index in [0.29, 0.717) is 16.6 Å². The van der Waals surface area contributed by atoms with Crippen LogP contribution in [0.3, 0.4) is 0 Å². The fourth-order valence-corrected chi connectivity index (χ4v) is 2.90. The van der Waals surface area contributed by atoms with Crippen LogP contribution in [-0.2, 0) is 4.79 Å². The number of halogens is 1. The van der Waals surface area contributed by atoms with Crippen LogP contribution in [0.15, 0.2) is 28.4 Å². The summed E-state index contributed by atoms with van der Waals surface area (Å²) >= 11 is 1.32. The molecular weight excluding hydrogens is 301 g/mol. The molecule has 0 saturated carbocycles. The molecule has 0 atom stereocenters. The molecule has 22 heavy (non-hydrogen) atoms. The van der Waals surface area contributed by atoms with Crippen LogP contribution in [0.2, 0.25) is 0 Å². The minimum atomic E-state index is -0.367. The topological polar surface area (TPSA) is 45.0 Å². The Hall–Kier alpha value is -1.69. The summed E-state index contributed by atoms with van der Waals surface area (Å²) in [6.07, 6.45) is 1.71. The molecule has 1 aromatic carbocycles. The van der Waals surface area contributed by atoms with Crippen LogP contribution in [0.4, 0.5) is 10.1 Å². The second-order valence-electron chi connectivity index (χ2n) is 5.77. The van der Waals surface area contributed by atoms with E-state index in [2.05, 4.69) is 10.2 Å². The number of hydrogen-bond acceptors (Lipinski definition) is 4. The van der Waals surface area contributed by atoms with Gasteiger partial charge in [0.1, 0.15) is 5.82 Å². The number of thioether (sulfide) groups is 1. The van der Waals surface area contributed by atoms with Crippen molar-refractivity contribution in [3.05, 3.63) is 29.6 Å². The molecule has 0 aromatic heterocycles. The van der Waals surface area contributed by atoms with Gasteiger partial charge in [-0.25, -0.2) is 4.39 Å². The summed E-state index contributed by atoms with van der Waals surface area (Å²) in [6, 6.07) is 4.53. The molecule has 1 amide bonds. The number of carbonyl (C=O) groups is 1. The largest absolute Gasteiger partial charge is 0.273 e. The summed E-state index contributed by atoms with van der Waals surface area (Å²) in [5.41, 5.74) is 1.47. The normalized spacial score (nSPS) is 17.7. The zero-order valence-corrected chi connectivity index (χ0v) is 14.0. The molecule has 0 bridgehead atoms. The van der Waals surface area contributed by atoms with E-state index in [-0.39, 0.29) is 23.6 Å². The maximum absolute atomic E-state index is 13.7. The number of amides is 1. The van der Waals surface area contributed by atoms with Crippen LogP contribution in [0.25, 0.3) is 0 Å². The fraction of sp³-hybridized carbons (Fsp3) is 0.438. The molecule has 4 nitrogen and oxygen atoms in total. The highest BCUT2D eigenvalue weighted by molar-refractivity contribution is 8.15. The van der Waals surface area contributed by atoms with E-state index in [1.54, 1.807) is 12.3 Å². The third kappa shape index (κ3) is 3.74. The van der Waals surface area contributed by atoms with Crippen molar-refractivity contribution in [2.24, 2.45) is 16.1 Å². The van der Waals surface area contributed by atoms with Gasteiger partial charge in [-0.2, -0.15) is 5.10 Å². The number of hydrogen-bond donors (Lipinski definition) is 0. The van der Waals surface area contributed by atoms with E-state index in [4.69, 9.17) is 0 Å². The first-order chi connectivity index (χ1) is 10.4. The Labute approximate surface area is 134 Å². The lowest BCUT2D eigenvalue weighted by Crippen LogP contribution is -2.30. The van der Waals surface area contributed by atoms with Crippen LogP contribution >= 0.6 is 11.8 Å². The highest BCUT2D eigenvalue weighted by atomic mass is 32.2. The van der Waals surface area contributed by atoms with E-state index in [9.17, 15) is 9.18 Å². The predicted molar refractivity (Wildman–Crippen MR) is 91.2 cm³/mol. The summed E-state index contributed by atoms with van der Waals surface area (Å²) in [5.74, 6) is 0.282. The van der Waals surface area contributed by atoms with Gasteiger partial charge in [0.2, 0.25) is 5.91 Å². The first kappa shape index (κ1) is 16.7. The Morgan fingerprint density at radius 2 is 2.05 bits per heavy atom. The zero-order chi connectivity index (χ0) is 16.3. The molecule has 0 spiro atoms. The molecular formula is C16H20FN3OS. The van der Waals surface area contributed by atoms with E-state index < -0.39 is 0 Å². The number of rotatable bonds is 4. The van der Waals surface area contributed by atoms with Gasteiger partial charge in [-0.1, -0.05) is 45.5 Å². The maximum atomic E-state index is 13.7. The standard InChI is InChI=1S/C16H20FN3OS/c1-10(2)8-18-19-16-20(15(21)9-22-16)14-7-12(17)5-6-13(14)11(3)4/h5-8,10-11H,9H2,1-4H3/b18-8+,19-16-. The van der Waals surface area contributed by atoms with Gasteiger partial charge in [0.15, 0.2) is 5.17 Å². The van der Waals surface area contributed by atoms with Crippen molar-refractivity contribution < 1.29 is 9.18 Å². The van der Waals surface area contributed by atoms with Gasteiger partial charge in [0.05, 0.1) is 11.4 Å². The molecule has 6 heteroatoms. The van der Waals surface area contributed by atoms with Crippen molar-refractivity contribution in [1.29, 1.82) is 0 Å². The zero-order valence-electron chi connectivity index (χ0n) is 13.2. The van der Waals surface area contributed by atoms with Crippen molar-refractivity contribution in [3.8, 4) is 0 Å². The molecule has 1 aliphatic heterocycles. The van der Waals surface area contributed by atoms with Gasteiger partial charge in [-0.15, -0.1) is 5.10 Å². The van der Waals surface area contributed by atoms with Crippen LogP contribution in [-0.4, -0.2) is 23.0 Å².